The minimum atomic E-state index is 0.148. The predicted molar refractivity (Wildman–Crippen MR) is 102 cm³/mol. The summed E-state index contributed by atoms with van der Waals surface area (Å²) in [5.74, 6) is 1.89. The van der Waals surface area contributed by atoms with Gasteiger partial charge in [0.2, 0.25) is 5.89 Å². The molecule has 1 aliphatic heterocycles. The summed E-state index contributed by atoms with van der Waals surface area (Å²) >= 11 is 0. The maximum Gasteiger partial charge on any atom is 0.211 e. The number of nitrogens with zero attached hydrogens (tertiary/aromatic N) is 3. The van der Waals surface area contributed by atoms with Crippen molar-refractivity contribution in [2.24, 2.45) is 0 Å². The Balaban J connectivity index is 1.40. The Morgan fingerprint density at radius 3 is 2.35 bits per heavy atom. The SMILES string of the molecule is CC(c1ncc(-c2ccccc2)o1)N1CCN(c2ccc(O)cc2)CC1. The van der Waals surface area contributed by atoms with Gasteiger partial charge in [0.25, 0.3) is 0 Å². The van der Waals surface area contributed by atoms with Gasteiger partial charge < -0.3 is 14.4 Å². The van der Waals surface area contributed by atoms with Gasteiger partial charge in [0, 0.05) is 37.4 Å². The van der Waals surface area contributed by atoms with Crippen LogP contribution in [0.1, 0.15) is 18.9 Å². The first kappa shape index (κ1) is 16.7. The molecule has 1 N–H and O–H groups in total. The molecule has 0 spiro atoms. The number of hydrogen-bond donors (Lipinski definition) is 1. The topological polar surface area (TPSA) is 52.7 Å². The summed E-state index contributed by atoms with van der Waals surface area (Å²) in [6.07, 6.45) is 1.81. The molecular weight excluding hydrogens is 326 g/mol. The van der Waals surface area contributed by atoms with E-state index in [1.165, 1.54) is 0 Å². The van der Waals surface area contributed by atoms with Crippen LogP contribution >= 0.6 is 0 Å². The van der Waals surface area contributed by atoms with Crippen LogP contribution in [0.3, 0.4) is 0 Å². The van der Waals surface area contributed by atoms with Gasteiger partial charge in [-0.1, -0.05) is 30.3 Å². The van der Waals surface area contributed by atoms with E-state index in [-0.39, 0.29) is 6.04 Å². The molecule has 0 amide bonds. The highest BCUT2D eigenvalue weighted by atomic mass is 16.4. The summed E-state index contributed by atoms with van der Waals surface area (Å²) < 4.78 is 6.02. The number of rotatable bonds is 4. The van der Waals surface area contributed by atoms with E-state index in [0.717, 1.165) is 49.1 Å². The fourth-order valence-corrected chi connectivity index (χ4v) is 3.40. The van der Waals surface area contributed by atoms with Gasteiger partial charge in [-0.2, -0.15) is 0 Å². The highest BCUT2D eigenvalue weighted by Crippen LogP contribution is 2.27. The summed E-state index contributed by atoms with van der Waals surface area (Å²) in [6, 6.07) is 17.6. The van der Waals surface area contributed by atoms with Gasteiger partial charge in [-0.05, 0) is 31.2 Å². The number of hydrogen-bond acceptors (Lipinski definition) is 5. The number of phenolic OH excluding ortho intramolecular Hbond substituents is 1. The van der Waals surface area contributed by atoms with Crippen molar-refractivity contribution in [2.45, 2.75) is 13.0 Å². The molecule has 1 atom stereocenters. The van der Waals surface area contributed by atoms with E-state index < -0.39 is 0 Å². The van der Waals surface area contributed by atoms with E-state index >= 15 is 0 Å². The molecule has 0 saturated carbocycles. The predicted octanol–water partition coefficient (Wildman–Crippen LogP) is 3.93. The lowest BCUT2D eigenvalue weighted by atomic mass is 10.2. The molecule has 1 saturated heterocycles. The normalized spacial score (nSPS) is 16.6. The van der Waals surface area contributed by atoms with Crippen LogP contribution < -0.4 is 4.90 Å². The fourth-order valence-electron chi connectivity index (χ4n) is 3.40. The quantitative estimate of drug-likeness (QED) is 0.773. The summed E-state index contributed by atoms with van der Waals surface area (Å²) in [4.78, 5) is 9.25. The Bertz CT molecular complexity index is 837. The third-order valence-electron chi connectivity index (χ3n) is 5.02. The zero-order chi connectivity index (χ0) is 17.9. The zero-order valence-corrected chi connectivity index (χ0v) is 14.9. The fraction of sp³-hybridized carbons (Fsp3) is 0.286. The van der Waals surface area contributed by atoms with Gasteiger partial charge in [-0.3, -0.25) is 4.90 Å². The van der Waals surface area contributed by atoms with Gasteiger partial charge >= 0.3 is 0 Å². The van der Waals surface area contributed by atoms with Gasteiger partial charge in [0.05, 0.1) is 12.2 Å². The van der Waals surface area contributed by atoms with Crippen molar-refractivity contribution in [3.63, 3.8) is 0 Å². The molecule has 26 heavy (non-hydrogen) atoms. The highest BCUT2D eigenvalue weighted by Gasteiger charge is 2.25. The molecule has 0 aliphatic carbocycles. The van der Waals surface area contributed by atoms with Gasteiger partial charge in [0.1, 0.15) is 5.75 Å². The van der Waals surface area contributed by atoms with Crippen molar-refractivity contribution in [1.82, 2.24) is 9.88 Å². The molecule has 1 aliphatic rings. The van der Waals surface area contributed by atoms with E-state index in [4.69, 9.17) is 4.42 Å². The number of benzene rings is 2. The molecule has 2 aromatic carbocycles. The molecule has 0 radical (unpaired) electrons. The third kappa shape index (κ3) is 3.44. The van der Waals surface area contributed by atoms with Crippen molar-refractivity contribution in [3.05, 3.63) is 66.7 Å². The molecule has 1 aromatic heterocycles. The molecule has 5 nitrogen and oxygen atoms in total. The second kappa shape index (κ2) is 7.22. The van der Waals surface area contributed by atoms with Crippen LogP contribution in [0.5, 0.6) is 5.75 Å². The molecule has 3 aromatic rings. The van der Waals surface area contributed by atoms with Crippen LogP contribution in [0, 0.1) is 0 Å². The lowest BCUT2D eigenvalue weighted by molar-refractivity contribution is 0.174. The number of anilines is 1. The maximum absolute atomic E-state index is 9.44. The highest BCUT2D eigenvalue weighted by molar-refractivity contribution is 5.55. The smallest absolute Gasteiger partial charge is 0.211 e. The Morgan fingerprint density at radius 1 is 0.962 bits per heavy atom. The van der Waals surface area contributed by atoms with Crippen LogP contribution in [0.4, 0.5) is 5.69 Å². The Labute approximate surface area is 153 Å². The zero-order valence-electron chi connectivity index (χ0n) is 14.9. The lowest BCUT2D eigenvalue weighted by Gasteiger charge is -2.38. The van der Waals surface area contributed by atoms with E-state index in [2.05, 4.69) is 21.7 Å². The number of phenols is 1. The van der Waals surface area contributed by atoms with Crippen LogP contribution in [-0.2, 0) is 0 Å². The monoisotopic (exact) mass is 349 g/mol. The minimum absolute atomic E-state index is 0.148. The largest absolute Gasteiger partial charge is 0.508 e. The van der Waals surface area contributed by atoms with Crippen molar-refractivity contribution in [2.75, 3.05) is 31.1 Å². The van der Waals surface area contributed by atoms with E-state index in [1.54, 1.807) is 12.1 Å². The summed E-state index contributed by atoms with van der Waals surface area (Å²) in [5, 5.41) is 9.44. The Morgan fingerprint density at radius 2 is 1.65 bits per heavy atom. The van der Waals surface area contributed by atoms with Gasteiger partial charge in [-0.15, -0.1) is 0 Å². The summed E-state index contributed by atoms with van der Waals surface area (Å²) in [5.41, 5.74) is 2.20. The molecule has 4 rings (SSSR count). The Kier molecular flexibility index (Phi) is 4.63. The number of oxazole rings is 1. The second-order valence-electron chi connectivity index (χ2n) is 6.64. The molecule has 1 fully saturated rings. The summed E-state index contributed by atoms with van der Waals surface area (Å²) in [7, 11) is 0. The maximum atomic E-state index is 9.44. The van der Waals surface area contributed by atoms with E-state index in [1.807, 2.05) is 48.7 Å². The molecular formula is C21H23N3O2. The first-order valence-electron chi connectivity index (χ1n) is 9.00. The number of aromatic hydroxyl groups is 1. The minimum Gasteiger partial charge on any atom is -0.508 e. The average Bonchev–Trinajstić information content (AvgIpc) is 3.19. The standard InChI is InChI=1S/C21H23N3O2/c1-16(21-22-15-20(26-21)17-5-3-2-4-6-17)23-11-13-24(14-12-23)18-7-9-19(25)10-8-18/h2-10,15-16,25H,11-14H2,1H3. The third-order valence-corrected chi connectivity index (χ3v) is 5.02. The second-order valence-corrected chi connectivity index (χ2v) is 6.64. The van der Waals surface area contributed by atoms with Crippen LogP contribution in [0.2, 0.25) is 0 Å². The summed E-state index contributed by atoms with van der Waals surface area (Å²) in [6.45, 7) is 5.94. The molecule has 0 bridgehead atoms. The number of piperazine rings is 1. The average molecular weight is 349 g/mol. The van der Waals surface area contributed by atoms with E-state index in [0.29, 0.717) is 5.75 Å². The molecule has 1 unspecified atom stereocenters. The van der Waals surface area contributed by atoms with Crippen molar-refractivity contribution < 1.29 is 9.52 Å². The molecule has 2 heterocycles. The van der Waals surface area contributed by atoms with E-state index in [9.17, 15) is 5.11 Å². The molecule has 134 valence electrons. The lowest BCUT2D eigenvalue weighted by Crippen LogP contribution is -2.47. The van der Waals surface area contributed by atoms with Crippen LogP contribution in [-0.4, -0.2) is 41.2 Å². The van der Waals surface area contributed by atoms with Gasteiger partial charge in [0.15, 0.2) is 5.76 Å². The first-order chi connectivity index (χ1) is 12.7. The molecule has 5 heteroatoms. The first-order valence-corrected chi connectivity index (χ1v) is 9.00. The van der Waals surface area contributed by atoms with Crippen LogP contribution in [0.25, 0.3) is 11.3 Å². The van der Waals surface area contributed by atoms with Gasteiger partial charge in [-0.25, -0.2) is 4.98 Å². The van der Waals surface area contributed by atoms with Crippen LogP contribution in [0.15, 0.2) is 65.2 Å². The van der Waals surface area contributed by atoms with Crippen molar-refractivity contribution in [3.8, 4) is 17.1 Å². The van der Waals surface area contributed by atoms with Crippen molar-refractivity contribution in [1.29, 1.82) is 0 Å². The van der Waals surface area contributed by atoms with Crippen molar-refractivity contribution >= 4 is 5.69 Å². The Hall–Kier alpha value is -2.79. The number of aromatic nitrogens is 1.